The van der Waals surface area contributed by atoms with Crippen LogP contribution in [0.2, 0.25) is 0 Å². The predicted octanol–water partition coefficient (Wildman–Crippen LogP) is 2.54. The van der Waals surface area contributed by atoms with Crippen molar-refractivity contribution in [3.8, 4) is 5.75 Å². The van der Waals surface area contributed by atoms with Gasteiger partial charge in [-0.2, -0.15) is 0 Å². The molecule has 0 spiro atoms. The van der Waals surface area contributed by atoms with Crippen molar-refractivity contribution in [2.45, 2.75) is 38.3 Å². The molecule has 1 aromatic carbocycles. The Morgan fingerprint density at radius 1 is 1.30 bits per heavy atom. The summed E-state index contributed by atoms with van der Waals surface area (Å²) in [6, 6.07) is 6.43. The van der Waals surface area contributed by atoms with E-state index in [1.54, 1.807) is 24.3 Å². The van der Waals surface area contributed by atoms with Crippen LogP contribution in [0.15, 0.2) is 24.3 Å². The van der Waals surface area contributed by atoms with Gasteiger partial charge in [-0.3, -0.25) is 4.79 Å². The van der Waals surface area contributed by atoms with Crippen LogP contribution in [-0.2, 0) is 0 Å². The average Bonchev–Trinajstić information content (AvgIpc) is 2.94. The Hall–Kier alpha value is -1.69. The van der Waals surface area contributed by atoms with E-state index in [9.17, 15) is 13.6 Å². The van der Waals surface area contributed by atoms with E-state index >= 15 is 0 Å². The maximum Gasteiger partial charge on any atom is 0.288 e. The van der Waals surface area contributed by atoms with E-state index in [2.05, 4.69) is 24.1 Å². The molecular formula is C17H22F2N2O2. The smallest absolute Gasteiger partial charge is 0.288 e. The highest BCUT2D eigenvalue weighted by Crippen LogP contribution is 2.44. The van der Waals surface area contributed by atoms with Crippen molar-refractivity contribution in [2.75, 3.05) is 20.1 Å². The second-order valence-electron chi connectivity index (χ2n) is 7.31. The van der Waals surface area contributed by atoms with Gasteiger partial charge < -0.3 is 15.0 Å². The number of carbonyl (C=O) groups excluding carboxylic acids is 1. The number of alkyl halides is 2. The number of likely N-dealkylation sites (N-methyl/N-ethyl adjacent to an activating group) is 1. The van der Waals surface area contributed by atoms with E-state index < -0.39 is 12.0 Å². The minimum Gasteiger partial charge on any atom is -0.484 e. The molecule has 1 amide bonds. The van der Waals surface area contributed by atoms with E-state index in [0.717, 1.165) is 13.1 Å². The van der Waals surface area contributed by atoms with Crippen molar-refractivity contribution in [3.63, 3.8) is 0 Å². The summed E-state index contributed by atoms with van der Waals surface area (Å²) < 4.78 is 30.8. The quantitative estimate of drug-likeness (QED) is 0.925. The number of hydrogen-bond donors (Lipinski definition) is 1. The van der Waals surface area contributed by atoms with Gasteiger partial charge in [0.1, 0.15) is 5.75 Å². The number of benzene rings is 1. The van der Waals surface area contributed by atoms with E-state index in [1.165, 1.54) is 0 Å². The lowest BCUT2D eigenvalue weighted by molar-refractivity contribution is 0.0664. The summed E-state index contributed by atoms with van der Waals surface area (Å²) in [5, 5.41) is 3.06. The molecule has 1 heterocycles. The number of ether oxygens (including phenoxy) is 1. The fourth-order valence-corrected chi connectivity index (χ4v) is 3.08. The standard InChI is InChI=1S/C17H22F2N2O2/c1-16(2)10-21(3)9-13(16)20-15(22)11-4-6-12(7-5-11)23-14-8-17(14,18)19/h4-7,13-14H,8-10H2,1-3H3,(H,20,22). The molecule has 126 valence electrons. The first-order chi connectivity index (χ1) is 10.7. The zero-order chi connectivity index (χ0) is 16.8. The lowest BCUT2D eigenvalue weighted by Crippen LogP contribution is -2.44. The van der Waals surface area contributed by atoms with Crippen LogP contribution in [0.1, 0.15) is 30.6 Å². The van der Waals surface area contributed by atoms with Crippen molar-refractivity contribution >= 4 is 5.91 Å². The van der Waals surface area contributed by atoms with Crippen LogP contribution >= 0.6 is 0 Å². The van der Waals surface area contributed by atoms with Gasteiger partial charge in [-0.25, -0.2) is 8.78 Å². The molecule has 1 aromatic rings. The molecule has 2 unspecified atom stereocenters. The average molecular weight is 324 g/mol. The van der Waals surface area contributed by atoms with Crippen molar-refractivity contribution in [1.29, 1.82) is 0 Å². The van der Waals surface area contributed by atoms with Gasteiger partial charge in [0.15, 0.2) is 6.10 Å². The Morgan fingerprint density at radius 2 is 1.91 bits per heavy atom. The molecule has 1 saturated carbocycles. The maximum absolute atomic E-state index is 12.8. The topological polar surface area (TPSA) is 41.6 Å². The van der Waals surface area contributed by atoms with Gasteiger partial charge in [-0.1, -0.05) is 13.8 Å². The molecular weight excluding hydrogens is 302 g/mol. The largest absolute Gasteiger partial charge is 0.484 e. The number of nitrogens with one attached hydrogen (secondary N) is 1. The third kappa shape index (κ3) is 3.47. The van der Waals surface area contributed by atoms with Crippen LogP contribution in [-0.4, -0.2) is 49.0 Å². The van der Waals surface area contributed by atoms with Crippen LogP contribution in [0.25, 0.3) is 0 Å². The first kappa shape index (κ1) is 16.2. The number of nitrogens with zero attached hydrogens (tertiary/aromatic N) is 1. The Labute approximate surface area is 134 Å². The molecule has 1 aliphatic carbocycles. The van der Waals surface area contributed by atoms with Crippen LogP contribution in [0.3, 0.4) is 0 Å². The second kappa shape index (κ2) is 5.44. The highest BCUT2D eigenvalue weighted by molar-refractivity contribution is 5.94. The van der Waals surface area contributed by atoms with E-state index in [1.807, 2.05) is 7.05 Å². The SMILES string of the molecule is CN1CC(NC(=O)c2ccc(OC3CC3(F)F)cc2)C(C)(C)C1. The molecule has 1 saturated heterocycles. The molecule has 2 atom stereocenters. The zero-order valence-electron chi connectivity index (χ0n) is 13.6. The normalized spacial score (nSPS) is 28.4. The van der Waals surface area contributed by atoms with Crippen LogP contribution < -0.4 is 10.1 Å². The maximum atomic E-state index is 12.8. The van der Waals surface area contributed by atoms with Crippen LogP contribution in [0.5, 0.6) is 5.75 Å². The third-order valence-electron chi connectivity index (χ3n) is 4.58. The minimum atomic E-state index is -2.71. The third-order valence-corrected chi connectivity index (χ3v) is 4.58. The number of amides is 1. The number of halogens is 2. The van der Waals surface area contributed by atoms with Crippen molar-refractivity contribution in [2.24, 2.45) is 5.41 Å². The first-order valence-corrected chi connectivity index (χ1v) is 7.81. The lowest BCUT2D eigenvalue weighted by atomic mass is 9.87. The fourth-order valence-electron chi connectivity index (χ4n) is 3.08. The molecule has 0 aromatic heterocycles. The van der Waals surface area contributed by atoms with Crippen LogP contribution in [0, 0.1) is 5.41 Å². The molecule has 2 aliphatic rings. The molecule has 2 fully saturated rings. The van der Waals surface area contributed by atoms with Gasteiger partial charge in [0.2, 0.25) is 0 Å². The van der Waals surface area contributed by atoms with Gasteiger partial charge in [-0.15, -0.1) is 0 Å². The monoisotopic (exact) mass is 324 g/mol. The Kier molecular flexibility index (Phi) is 3.83. The lowest BCUT2D eigenvalue weighted by Gasteiger charge is -2.26. The molecule has 0 bridgehead atoms. The van der Waals surface area contributed by atoms with Gasteiger partial charge in [-0.05, 0) is 36.7 Å². The van der Waals surface area contributed by atoms with E-state index in [-0.39, 0.29) is 23.8 Å². The summed E-state index contributed by atoms with van der Waals surface area (Å²) in [7, 11) is 2.04. The summed E-state index contributed by atoms with van der Waals surface area (Å²) in [4.78, 5) is 14.5. The van der Waals surface area contributed by atoms with Gasteiger partial charge >= 0.3 is 0 Å². The summed E-state index contributed by atoms with van der Waals surface area (Å²) in [5.41, 5.74) is 0.524. The number of likely N-dealkylation sites (tertiary alicyclic amines) is 1. The molecule has 0 radical (unpaired) electrons. The number of hydrogen-bond acceptors (Lipinski definition) is 3. The second-order valence-corrected chi connectivity index (χ2v) is 7.31. The van der Waals surface area contributed by atoms with Gasteiger partial charge in [0.25, 0.3) is 11.8 Å². The molecule has 3 rings (SSSR count). The Balaban J connectivity index is 1.60. The summed E-state index contributed by atoms with van der Waals surface area (Å²) in [6.45, 7) is 6.01. The number of carbonyl (C=O) groups is 1. The van der Waals surface area contributed by atoms with Crippen molar-refractivity contribution < 1.29 is 18.3 Å². The molecule has 6 heteroatoms. The Bertz CT molecular complexity index is 601. The summed E-state index contributed by atoms with van der Waals surface area (Å²) >= 11 is 0. The molecule has 1 aliphatic heterocycles. The molecule has 4 nitrogen and oxygen atoms in total. The van der Waals surface area contributed by atoms with Crippen LogP contribution in [0.4, 0.5) is 8.78 Å². The summed E-state index contributed by atoms with van der Waals surface area (Å²) in [6.07, 6.45) is -1.27. The predicted molar refractivity (Wildman–Crippen MR) is 83.0 cm³/mol. The van der Waals surface area contributed by atoms with E-state index in [0.29, 0.717) is 11.3 Å². The van der Waals surface area contributed by atoms with Gasteiger partial charge in [0.05, 0.1) is 6.42 Å². The van der Waals surface area contributed by atoms with Crippen molar-refractivity contribution in [1.82, 2.24) is 10.2 Å². The van der Waals surface area contributed by atoms with E-state index in [4.69, 9.17) is 4.74 Å². The highest BCUT2D eigenvalue weighted by atomic mass is 19.3. The Morgan fingerprint density at radius 3 is 2.39 bits per heavy atom. The van der Waals surface area contributed by atoms with Crippen molar-refractivity contribution in [3.05, 3.63) is 29.8 Å². The zero-order valence-corrected chi connectivity index (χ0v) is 13.6. The first-order valence-electron chi connectivity index (χ1n) is 7.81. The highest BCUT2D eigenvalue weighted by Gasteiger charge is 2.59. The molecule has 23 heavy (non-hydrogen) atoms. The number of rotatable bonds is 4. The fraction of sp³-hybridized carbons (Fsp3) is 0.588. The van der Waals surface area contributed by atoms with Gasteiger partial charge in [0, 0.05) is 24.7 Å². The minimum absolute atomic E-state index is 0.0189. The summed E-state index contributed by atoms with van der Waals surface area (Å²) in [5.74, 6) is -2.50. The molecule has 1 N–H and O–H groups in total.